The molecule has 1 aromatic carbocycles. The molecule has 0 saturated carbocycles. The fourth-order valence-corrected chi connectivity index (χ4v) is 2.01. The highest BCUT2D eigenvalue weighted by Crippen LogP contribution is 2.13. The first-order valence-corrected chi connectivity index (χ1v) is 6.19. The van der Waals surface area contributed by atoms with Gasteiger partial charge in [-0.3, -0.25) is 4.79 Å². The topological polar surface area (TPSA) is 43.1 Å². The van der Waals surface area contributed by atoms with Crippen molar-refractivity contribution in [3.63, 3.8) is 0 Å². The molecule has 0 aliphatic rings. The van der Waals surface area contributed by atoms with Crippen LogP contribution < -0.4 is 5.73 Å². The first-order valence-electron chi connectivity index (χ1n) is 5.03. The minimum absolute atomic E-state index is 0.203. The second-order valence-electron chi connectivity index (χ2n) is 3.58. The number of rotatable bonds is 5. The summed E-state index contributed by atoms with van der Waals surface area (Å²) < 4.78 is 0. The molecule has 3 heteroatoms. The Labute approximate surface area is 95.2 Å². The van der Waals surface area contributed by atoms with E-state index in [0.717, 1.165) is 22.4 Å². The van der Waals surface area contributed by atoms with E-state index in [-0.39, 0.29) is 5.78 Å². The van der Waals surface area contributed by atoms with Gasteiger partial charge in [0.15, 0.2) is 5.78 Å². The smallest absolute Gasteiger partial charge is 0.172 e. The molecule has 0 bridgehead atoms. The van der Waals surface area contributed by atoms with E-state index in [4.69, 9.17) is 5.73 Å². The maximum Gasteiger partial charge on any atom is 0.172 e. The molecule has 0 atom stereocenters. The molecule has 0 spiro atoms. The standard InChI is InChI=1S/C12H17NOS/c1-9-3-4-10(2)11(7-9)12(14)8-15-6-5-13/h3-4,7H,5-6,8,13H2,1-2H3. The van der Waals surface area contributed by atoms with Gasteiger partial charge in [0.1, 0.15) is 0 Å². The molecule has 0 heterocycles. The molecule has 1 aromatic rings. The Morgan fingerprint density at radius 3 is 2.80 bits per heavy atom. The molecule has 15 heavy (non-hydrogen) atoms. The number of aryl methyl sites for hydroxylation is 2. The molecule has 82 valence electrons. The van der Waals surface area contributed by atoms with Crippen molar-refractivity contribution < 1.29 is 4.79 Å². The minimum atomic E-state index is 0.203. The van der Waals surface area contributed by atoms with E-state index >= 15 is 0 Å². The number of ketones is 1. The lowest BCUT2D eigenvalue weighted by Gasteiger charge is -2.05. The zero-order valence-electron chi connectivity index (χ0n) is 9.25. The van der Waals surface area contributed by atoms with Crippen LogP contribution in [0, 0.1) is 13.8 Å². The van der Waals surface area contributed by atoms with Gasteiger partial charge in [-0.25, -0.2) is 0 Å². The third-order valence-corrected chi connectivity index (χ3v) is 3.18. The van der Waals surface area contributed by atoms with Gasteiger partial charge in [0, 0.05) is 17.9 Å². The first-order chi connectivity index (χ1) is 7.15. The second kappa shape index (κ2) is 5.93. The molecule has 0 aromatic heterocycles. The second-order valence-corrected chi connectivity index (χ2v) is 4.69. The summed E-state index contributed by atoms with van der Waals surface area (Å²) in [4.78, 5) is 11.8. The van der Waals surface area contributed by atoms with E-state index < -0.39 is 0 Å². The molecule has 0 radical (unpaired) electrons. The van der Waals surface area contributed by atoms with Crippen LogP contribution in [-0.2, 0) is 0 Å². The van der Waals surface area contributed by atoms with Gasteiger partial charge in [0.2, 0.25) is 0 Å². The van der Waals surface area contributed by atoms with Crippen molar-refractivity contribution in [3.05, 3.63) is 34.9 Å². The highest BCUT2D eigenvalue weighted by molar-refractivity contribution is 8.00. The molecule has 0 aliphatic carbocycles. The Balaban J connectivity index is 2.68. The molecular weight excluding hydrogens is 206 g/mol. The van der Waals surface area contributed by atoms with Crippen LogP contribution in [0.25, 0.3) is 0 Å². The van der Waals surface area contributed by atoms with E-state index in [1.165, 1.54) is 0 Å². The van der Waals surface area contributed by atoms with Gasteiger partial charge in [-0.05, 0) is 25.5 Å². The van der Waals surface area contributed by atoms with Crippen molar-refractivity contribution in [1.29, 1.82) is 0 Å². The molecule has 0 saturated heterocycles. The number of carbonyl (C=O) groups is 1. The van der Waals surface area contributed by atoms with E-state index in [0.29, 0.717) is 12.3 Å². The summed E-state index contributed by atoms with van der Waals surface area (Å²) in [5, 5.41) is 0. The van der Waals surface area contributed by atoms with E-state index in [9.17, 15) is 4.79 Å². The van der Waals surface area contributed by atoms with Crippen LogP contribution in [0.2, 0.25) is 0 Å². The number of nitrogens with two attached hydrogens (primary N) is 1. The number of hydrogen-bond donors (Lipinski definition) is 1. The first kappa shape index (κ1) is 12.3. The minimum Gasteiger partial charge on any atom is -0.330 e. The average Bonchev–Trinajstić information content (AvgIpc) is 2.22. The van der Waals surface area contributed by atoms with Crippen molar-refractivity contribution in [2.24, 2.45) is 5.73 Å². The quantitative estimate of drug-likeness (QED) is 0.614. The average molecular weight is 223 g/mol. The summed E-state index contributed by atoms with van der Waals surface area (Å²) in [6, 6.07) is 5.98. The summed E-state index contributed by atoms with van der Waals surface area (Å²) in [5.41, 5.74) is 8.41. The summed E-state index contributed by atoms with van der Waals surface area (Å²) in [6.07, 6.45) is 0. The predicted molar refractivity (Wildman–Crippen MR) is 66.6 cm³/mol. The molecular formula is C12H17NOS. The van der Waals surface area contributed by atoms with E-state index in [1.807, 2.05) is 32.0 Å². The molecule has 0 fully saturated rings. The van der Waals surface area contributed by atoms with Crippen molar-refractivity contribution in [1.82, 2.24) is 0 Å². The number of benzene rings is 1. The van der Waals surface area contributed by atoms with Crippen molar-refractivity contribution in [2.45, 2.75) is 13.8 Å². The Hall–Kier alpha value is -0.800. The lowest BCUT2D eigenvalue weighted by molar-refractivity contribution is 0.102. The van der Waals surface area contributed by atoms with Crippen LogP contribution >= 0.6 is 11.8 Å². The van der Waals surface area contributed by atoms with E-state index in [2.05, 4.69) is 0 Å². The largest absolute Gasteiger partial charge is 0.330 e. The maximum absolute atomic E-state index is 11.8. The number of Topliss-reactive ketones (excluding diaryl/α,β-unsaturated/α-hetero) is 1. The molecule has 2 nitrogen and oxygen atoms in total. The molecule has 2 N–H and O–H groups in total. The normalized spacial score (nSPS) is 10.3. The Morgan fingerprint density at radius 1 is 1.40 bits per heavy atom. The van der Waals surface area contributed by atoms with Crippen LogP contribution in [0.1, 0.15) is 21.5 Å². The van der Waals surface area contributed by atoms with Crippen LogP contribution in [0.3, 0.4) is 0 Å². The SMILES string of the molecule is Cc1ccc(C)c(C(=O)CSCCN)c1. The van der Waals surface area contributed by atoms with E-state index in [1.54, 1.807) is 11.8 Å². The molecule has 0 amide bonds. The van der Waals surface area contributed by atoms with Crippen molar-refractivity contribution >= 4 is 17.5 Å². The van der Waals surface area contributed by atoms with Gasteiger partial charge in [-0.2, -0.15) is 11.8 Å². The van der Waals surface area contributed by atoms with Gasteiger partial charge in [-0.1, -0.05) is 17.7 Å². The third kappa shape index (κ3) is 3.68. The van der Waals surface area contributed by atoms with Crippen molar-refractivity contribution in [3.8, 4) is 0 Å². The molecule has 0 aliphatic heterocycles. The van der Waals surface area contributed by atoms with Gasteiger partial charge in [-0.15, -0.1) is 0 Å². The Kier molecular flexibility index (Phi) is 4.85. The molecule has 0 unspecified atom stereocenters. The lowest BCUT2D eigenvalue weighted by Crippen LogP contribution is -2.08. The van der Waals surface area contributed by atoms with Gasteiger partial charge in [0.25, 0.3) is 0 Å². The van der Waals surface area contributed by atoms with Gasteiger partial charge >= 0.3 is 0 Å². The fourth-order valence-electron chi connectivity index (χ4n) is 1.36. The number of carbonyl (C=O) groups excluding carboxylic acids is 1. The fraction of sp³-hybridized carbons (Fsp3) is 0.417. The maximum atomic E-state index is 11.8. The predicted octanol–water partition coefficient (Wildman–Crippen LogP) is 2.18. The van der Waals surface area contributed by atoms with Crippen LogP contribution in [0.5, 0.6) is 0 Å². The Bertz CT molecular complexity index is 349. The highest BCUT2D eigenvalue weighted by atomic mass is 32.2. The van der Waals surface area contributed by atoms with Gasteiger partial charge < -0.3 is 5.73 Å². The lowest BCUT2D eigenvalue weighted by atomic mass is 10.0. The summed E-state index contributed by atoms with van der Waals surface area (Å²) >= 11 is 1.60. The highest BCUT2D eigenvalue weighted by Gasteiger charge is 2.08. The zero-order valence-corrected chi connectivity index (χ0v) is 10.1. The van der Waals surface area contributed by atoms with Gasteiger partial charge in [0.05, 0.1) is 5.75 Å². The van der Waals surface area contributed by atoms with Crippen LogP contribution in [-0.4, -0.2) is 23.8 Å². The zero-order chi connectivity index (χ0) is 11.3. The number of thioether (sulfide) groups is 1. The number of hydrogen-bond acceptors (Lipinski definition) is 3. The van der Waals surface area contributed by atoms with Crippen LogP contribution in [0.15, 0.2) is 18.2 Å². The third-order valence-electron chi connectivity index (χ3n) is 2.19. The summed E-state index contributed by atoms with van der Waals surface area (Å²) in [5.74, 6) is 1.58. The monoisotopic (exact) mass is 223 g/mol. The molecule has 1 rings (SSSR count). The summed E-state index contributed by atoms with van der Waals surface area (Å²) in [7, 11) is 0. The Morgan fingerprint density at radius 2 is 2.13 bits per heavy atom. The van der Waals surface area contributed by atoms with Crippen LogP contribution in [0.4, 0.5) is 0 Å². The summed E-state index contributed by atoms with van der Waals surface area (Å²) in [6.45, 7) is 4.61. The van der Waals surface area contributed by atoms with Crippen molar-refractivity contribution in [2.75, 3.05) is 18.1 Å².